The number of nitrogens with one attached hydrogen (secondary N) is 2. The van der Waals surface area contributed by atoms with Gasteiger partial charge in [0.15, 0.2) is 0 Å². The van der Waals surface area contributed by atoms with Crippen LogP contribution < -0.4 is 15.4 Å². The maximum Gasteiger partial charge on any atom is 0.315 e. The van der Waals surface area contributed by atoms with Crippen molar-refractivity contribution in [3.8, 4) is 11.6 Å². The van der Waals surface area contributed by atoms with Gasteiger partial charge in [-0.1, -0.05) is 18.2 Å². The Morgan fingerprint density at radius 2 is 2.10 bits per heavy atom. The van der Waals surface area contributed by atoms with Crippen molar-refractivity contribution in [3.05, 3.63) is 54.2 Å². The summed E-state index contributed by atoms with van der Waals surface area (Å²) in [5, 5.41) is 5.38. The topological polar surface area (TPSA) is 63.2 Å². The number of carbonyl (C=O) groups is 1. The fraction of sp³-hybridized carbons (Fsp3) is 0.200. The molecule has 0 spiro atoms. The molecule has 0 unspecified atom stereocenters. The van der Waals surface area contributed by atoms with E-state index in [1.165, 1.54) is 0 Å². The second kappa shape index (κ2) is 8.11. The summed E-state index contributed by atoms with van der Waals surface area (Å²) in [4.78, 5) is 15.5. The van der Waals surface area contributed by atoms with Gasteiger partial charge in [-0.25, -0.2) is 9.78 Å². The fourth-order valence-corrected chi connectivity index (χ4v) is 1.75. The zero-order chi connectivity index (χ0) is 14.9. The van der Waals surface area contributed by atoms with Crippen molar-refractivity contribution in [2.45, 2.75) is 6.54 Å². The molecule has 6 heteroatoms. The van der Waals surface area contributed by atoms with Gasteiger partial charge in [-0.15, -0.1) is 11.6 Å². The van der Waals surface area contributed by atoms with Crippen LogP contribution in [0.25, 0.3) is 0 Å². The molecule has 2 aromatic rings. The molecule has 2 rings (SSSR count). The average molecular weight is 306 g/mol. The lowest BCUT2D eigenvalue weighted by atomic mass is 10.2. The van der Waals surface area contributed by atoms with E-state index in [4.69, 9.17) is 16.3 Å². The number of amides is 2. The fourth-order valence-electron chi connectivity index (χ4n) is 1.65. The molecule has 1 aromatic carbocycles. The van der Waals surface area contributed by atoms with Crippen molar-refractivity contribution in [1.82, 2.24) is 15.6 Å². The van der Waals surface area contributed by atoms with Crippen LogP contribution in [0.1, 0.15) is 5.56 Å². The number of hydrogen-bond donors (Lipinski definition) is 2. The molecule has 0 aliphatic rings. The highest BCUT2D eigenvalue weighted by atomic mass is 35.5. The first-order valence-electron chi connectivity index (χ1n) is 6.53. The second-order valence-corrected chi connectivity index (χ2v) is 4.59. The number of carbonyl (C=O) groups excluding carboxylic acids is 1. The summed E-state index contributed by atoms with van der Waals surface area (Å²) in [5.41, 5.74) is 0.935. The Labute approximate surface area is 128 Å². The standard InChI is InChI=1S/C15H16ClN3O2/c16-7-9-18-15(20)19-11-12-4-3-5-13(10-12)21-14-6-1-2-8-17-14/h1-6,8,10H,7,9,11H2,(H2,18,19,20). The van der Waals surface area contributed by atoms with Gasteiger partial charge in [-0.3, -0.25) is 0 Å². The third-order valence-electron chi connectivity index (χ3n) is 2.59. The first-order chi connectivity index (χ1) is 10.3. The highest BCUT2D eigenvalue weighted by molar-refractivity contribution is 6.18. The number of hydrogen-bond acceptors (Lipinski definition) is 3. The third kappa shape index (κ3) is 5.31. The number of pyridine rings is 1. The predicted molar refractivity (Wildman–Crippen MR) is 81.7 cm³/mol. The highest BCUT2D eigenvalue weighted by Crippen LogP contribution is 2.19. The number of urea groups is 1. The Kier molecular flexibility index (Phi) is 5.84. The monoisotopic (exact) mass is 305 g/mol. The molecule has 5 nitrogen and oxygen atoms in total. The number of rotatable bonds is 6. The quantitative estimate of drug-likeness (QED) is 0.807. The molecule has 1 heterocycles. The molecule has 0 bridgehead atoms. The molecule has 0 atom stereocenters. The van der Waals surface area contributed by atoms with E-state index in [1.807, 2.05) is 36.4 Å². The van der Waals surface area contributed by atoms with Gasteiger partial charge < -0.3 is 15.4 Å². The molecule has 0 aliphatic carbocycles. The van der Waals surface area contributed by atoms with Gasteiger partial charge in [-0.05, 0) is 23.8 Å². The number of halogens is 1. The number of ether oxygens (including phenoxy) is 1. The lowest BCUT2D eigenvalue weighted by Crippen LogP contribution is -2.36. The minimum absolute atomic E-state index is 0.244. The summed E-state index contributed by atoms with van der Waals surface area (Å²) in [6.07, 6.45) is 1.67. The van der Waals surface area contributed by atoms with Gasteiger partial charge in [0.1, 0.15) is 5.75 Å². The zero-order valence-corrected chi connectivity index (χ0v) is 12.1. The van der Waals surface area contributed by atoms with Gasteiger partial charge in [-0.2, -0.15) is 0 Å². The van der Waals surface area contributed by atoms with Crippen LogP contribution in [-0.4, -0.2) is 23.4 Å². The van der Waals surface area contributed by atoms with Crippen LogP contribution in [0, 0.1) is 0 Å². The summed E-state index contributed by atoms with van der Waals surface area (Å²) in [7, 11) is 0. The van der Waals surface area contributed by atoms with Crippen molar-refractivity contribution in [3.63, 3.8) is 0 Å². The molecule has 1 aromatic heterocycles. The summed E-state index contributed by atoms with van der Waals surface area (Å²) in [6, 6.07) is 12.7. The molecule has 0 fully saturated rings. The molecule has 0 saturated heterocycles. The van der Waals surface area contributed by atoms with Crippen molar-refractivity contribution in [1.29, 1.82) is 0 Å². The molecule has 110 valence electrons. The van der Waals surface area contributed by atoms with Crippen LogP contribution in [0.4, 0.5) is 4.79 Å². The second-order valence-electron chi connectivity index (χ2n) is 4.22. The summed E-state index contributed by atoms with van der Waals surface area (Å²) >= 11 is 5.50. The van der Waals surface area contributed by atoms with Crippen molar-refractivity contribution >= 4 is 17.6 Å². The van der Waals surface area contributed by atoms with E-state index >= 15 is 0 Å². The summed E-state index contributed by atoms with van der Waals surface area (Å²) in [6.45, 7) is 0.851. The van der Waals surface area contributed by atoms with E-state index in [0.29, 0.717) is 30.6 Å². The maximum absolute atomic E-state index is 11.4. The normalized spacial score (nSPS) is 9.95. The van der Waals surface area contributed by atoms with E-state index in [-0.39, 0.29) is 6.03 Å². The number of alkyl halides is 1. The number of aromatic nitrogens is 1. The van der Waals surface area contributed by atoms with Gasteiger partial charge in [0.25, 0.3) is 0 Å². The van der Waals surface area contributed by atoms with Crippen molar-refractivity contribution in [2.24, 2.45) is 0 Å². The predicted octanol–water partition coefficient (Wildman–Crippen LogP) is 2.91. The van der Waals surface area contributed by atoms with Gasteiger partial charge in [0, 0.05) is 31.2 Å². The summed E-state index contributed by atoms with van der Waals surface area (Å²) in [5.74, 6) is 1.59. The smallest absolute Gasteiger partial charge is 0.315 e. The summed E-state index contributed by atoms with van der Waals surface area (Å²) < 4.78 is 5.63. The van der Waals surface area contributed by atoms with Crippen LogP contribution in [0.15, 0.2) is 48.7 Å². The minimum atomic E-state index is -0.244. The van der Waals surface area contributed by atoms with E-state index < -0.39 is 0 Å². The van der Waals surface area contributed by atoms with E-state index in [1.54, 1.807) is 12.3 Å². The molecular formula is C15H16ClN3O2. The Morgan fingerprint density at radius 3 is 2.86 bits per heavy atom. The van der Waals surface area contributed by atoms with Crippen molar-refractivity contribution < 1.29 is 9.53 Å². The van der Waals surface area contributed by atoms with E-state index in [9.17, 15) is 4.79 Å². The molecular weight excluding hydrogens is 290 g/mol. The molecule has 21 heavy (non-hydrogen) atoms. The van der Waals surface area contributed by atoms with Crippen LogP contribution in [0.3, 0.4) is 0 Å². The largest absolute Gasteiger partial charge is 0.439 e. The molecule has 0 radical (unpaired) electrons. The van der Waals surface area contributed by atoms with Crippen LogP contribution in [0.5, 0.6) is 11.6 Å². The number of nitrogens with zero attached hydrogens (tertiary/aromatic N) is 1. The Morgan fingerprint density at radius 1 is 1.19 bits per heavy atom. The maximum atomic E-state index is 11.4. The molecule has 2 N–H and O–H groups in total. The zero-order valence-electron chi connectivity index (χ0n) is 11.4. The molecule has 0 aliphatic heterocycles. The first-order valence-corrected chi connectivity index (χ1v) is 7.07. The van der Waals surface area contributed by atoms with Crippen LogP contribution in [0.2, 0.25) is 0 Å². The molecule has 2 amide bonds. The van der Waals surface area contributed by atoms with Gasteiger partial charge in [0.05, 0.1) is 0 Å². The van der Waals surface area contributed by atoms with E-state index in [0.717, 1.165) is 5.56 Å². The average Bonchev–Trinajstić information content (AvgIpc) is 2.52. The Balaban J connectivity index is 1.90. The van der Waals surface area contributed by atoms with Crippen molar-refractivity contribution in [2.75, 3.05) is 12.4 Å². The lowest BCUT2D eigenvalue weighted by Gasteiger charge is -2.08. The lowest BCUT2D eigenvalue weighted by molar-refractivity contribution is 0.241. The third-order valence-corrected chi connectivity index (χ3v) is 2.78. The molecule has 0 saturated carbocycles. The Hall–Kier alpha value is -2.27. The SMILES string of the molecule is O=C(NCCCl)NCc1cccc(Oc2ccccn2)c1. The van der Waals surface area contributed by atoms with Crippen LogP contribution >= 0.6 is 11.6 Å². The Bertz CT molecular complexity index is 578. The first kappa shape index (κ1) is 15.1. The minimum Gasteiger partial charge on any atom is -0.439 e. The van der Waals surface area contributed by atoms with Gasteiger partial charge >= 0.3 is 6.03 Å². The highest BCUT2D eigenvalue weighted by Gasteiger charge is 2.02. The van der Waals surface area contributed by atoms with Gasteiger partial charge in [0.2, 0.25) is 5.88 Å². The number of benzene rings is 1. The van der Waals surface area contributed by atoms with Crippen LogP contribution in [-0.2, 0) is 6.54 Å². The van der Waals surface area contributed by atoms with E-state index in [2.05, 4.69) is 15.6 Å².